The fraction of sp³-hybridized carbons (Fsp3) is 0.235. The summed E-state index contributed by atoms with van der Waals surface area (Å²) in [4.78, 5) is 13.4. The molecule has 0 unspecified atom stereocenters. The van der Waals surface area contributed by atoms with E-state index in [1.165, 1.54) is 16.6 Å². The number of thioether (sulfide) groups is 1. The topological polar surface area (TPSA) is 59.8 Å². The molecular weight excluding hydrogens is 411 g/mol. The fourth-order valence-corrected chi connectivity index (χ4v) is 4.17. The third kappa shape index (κ3) is 4.79. The van der Waals surface area contributed by atoms with Gasteiger partial charge in [0.25, 0.3) is 0 Å². The van der Waals surface area contributed by atoms with Gasteiger partial charge in [-0.25, -0.2) is 0 Å². The molecule has 1 N–H and O–H groups in total. The lowest BCUT2D eigenvalue weighted by atomic mass is 10.3. The first kappa shape index (κ1) is 19.2. The second-order valence-corrected chi connectivity index (χ2v) is 8.15. The van der Waals surface area contributed by atoms with Gasteiger partial charge < -0.3 is 9.88 Å². The maximum absolute atomic E-state index is 12.2. The van der Waals surface area contributed by atoms with Gasteiger partial charge in [-0.1, -0.05) is 41.0 Å². The van der Waals surface area contributed by atoms with Crippen LogP contribution in [0.1, 0.15) is 17.6 Å². The highest BCUT2D eigenvalue weighted by Gasteiger charge is 2.14. The second-order valence-electron chi connectivity index (χ2n) is 5.36. The quantitative estimate of drug-likeness (QED) is 0.540. The van der Waals surface area contributed by atoms with Gasteiger partial charge in [0.05, 0.1) is 15.8 Å². The number of thiophene rings is 1. The molecule has 0 saturated heterocycles. The van der Waals surface area contributed by atoms with Crippen LogP contribution >= 0.6 is 46.3 Å². The van der Waals surface area contributed by atoms with E-state index in [-0.39, 0.29) is 11.7 Å². The normalized spacial score (nSPS) is 10.9. The van der Waals surface area contributed by atoms with Gasteiger partial charge in [-0.15, -0.1) is 21.5 Å². The molecular formula is C17H16Cl2N4OS2. The third-order valence-electron chi connectivity index (χ3n) is 3.56. The first-order valence-corrected chi connectivity index (χ1v) is 10.5. The highest BCUT2D eigenvalue weighted by Crippen LogP contribution is 2.25. The third-order valence-corrected chi connectivity index (χ3v) is 6.14. The van der Waals surface area contributed by atoms with Crippen LogP contribution in [0.15, 0.2) is 40.9 Å². The van der Waals surface area contributed by atoms with E-state index in [2.05, 4.69) is 21.6 Å². The number of rotatable bonds is 7. The van der Waals surface area contributed by atoms with Gasteiger partial charge in [-0.2, -0.15) is 0 Å². The van der Waals surface area contributed by atoms with E-state index >= 15 is 0 Å². The van der Waals surface area contributed by atoms with Gasteiger partial charge >= 0.3 is 0 Å². The van der Waals surface area contributed by atoms with Crippen molar-refractivity contribution in [2.45, 2.75) is 25.0 Å². The minimum Gasteiger partial charge on any atom is -0.325 e. The van der Waals surface area contributed by atoms with Gasteiger partial charge in [0.15, 0.2) is 5.16 Å². The molecule has 0 saturated carbocycles. The molecule has 0 aliphatic rings. The zero-order valence-electron chi connectivity index (χ0n) is 13.9. The Kier molecular flexibility index (Phi) is 6.58. The van der Waals surface area contributed by atoms with Crippen LogP contribution < -0.4 is 5.32 Å². The van der Waals surface area contributed by atoms with Crippen molar-refractivity contribution in [1.82, 2.24) is 14.8 Å². The van der Waals surface area contributed by atoms with Crippen molar-refractivity contribution in [3.05, 3.63) is 56.5 Å². The Hall–Kier alpha value is -1.54. The first-order valence-electron chi connectivity index (χ1n) is 7.89. The number of anilines is 1. The standard InChI is InChI=1S/C17H16Cl2N4OS2/c1-2-23-15(9-12-4-3-7-25-12)21-22-17(23)26-10-16(24)20-11-5-6-13(18)14(19)8-11/h3-8H,2,9-10H2,1H3,(H,20,24). The van der Waals surface area contributed by atoms with Gasteiger partial charge in [-0.05, 0) is 36.6 Å². The van der Waals surface area contributed by atoms with Crippen molar-refractivity contribution in [1.29, 1.82) is 0 Å². The molecule has 2 aromatic heterocycles. The molecule has 1 aromatic carbocycles. The number of benzene rings is 1. The molecule has 0 aliphatic carbocycles. The molecule has 26 heavy (non-hydrogen) atoms. The molecule has 1 amide bonds. The van der Waals surface area contributed by atoms with E-state index in [1.807, 2.05) is 22.9 Å². The predicted molar refractivity (Wildman–Crippen MR) is 109 cm³/mol. The second kappa shape index (κ2) is 8.90. The molecule has 0 atom stereocenters. The molecule has 2 heterocycles. The molecule has 0 radical (unpaired) electrons. The Morgan fingerprint density at radius 1 is 1.27 bits per heavy atom. The summed E-state index contributed by atoms with van der Waals surface area (Å²) in [6.07, 6.45) is 0.745. The number of aromatic nitrogens is 3. The van der Waals surface area contributed by atoms with Crippen LogP contribution in [0.2, 0.25) is 10.0 Å². The zero-order valence-corrected chi connectivity index (χ0v) is 17.1. The maximum atomic E-state index is 12.2. The fourth-order valence-electron chi connectivity index (χ4n) is 2.34. The molecule has 3 aromatic rings. The predicted octanol–water partition coefficient (Wildman–Crippen LogP) is 4.99. The summed E-state index contributed by atoms with van der Waals surface area (Å²) >= 11 is 14.9. The number of carbonyl (C=O) groups is 1. The van der Waals surface area contributed by atoms with Crippen LogP contribution in [0, 0.1) is 0 Å². The summed E-state index contributed by atoms with van der Waals surface area (Å²) in [6.45, 7) is 2.80. The van der Waals surface area contributed by atoms with Crippen LogP contribution in [-0.4, -0.2) is 26.4 Å². The highest BCUT2D eigenvalue weighted by molar-refractivity contribution is 7.99. The molecule has 136 valence electrons. The molecule has 0 bridgehead atoms. The Balaban J connectivity index is 1.61. The summed E-state index contributed by atoms with van der Waals surface area (Å²) < 4.78 is 2.04. The van der Waals surface area contributed by atoms with Gasteiger partial charge in [0.2, 0.25) is 5.91 Å². The smallest absolute Gasteiger partial charge is 0.234 e. The van der Waals surface area contributed by atoms with Crippen LogP contribution in [0.25, 0.3) is 0 Å². The van der Waals surface area contributed by atoms with Gasteiger partial charge in [0, 0.05) is 23.5 Å². The highest BCUT2D eigenvalue weighted by atomic mass is 35.5. The largest absolute Gasteiger partial charge is 0.325 e. The minimum absolute atomic E-state index is 0.140. The molecule has 3 rings (SSSR count). The Morgan fingerprint density at radius 2 is 2.12 bits per heavy atom. The Labute approximate surface area is 169 Å². The molecule has 5 nitrogen and oxygen atoms in total. The van der Waals surface area contributed by atoms with Gasteiger partial charge in [-0.3, -0.25) is 4.79 Å². The number of nitrogens with one attached hydrogen (secondary N) is 1. The van der Waals surface area contributed by atoms with E-state index in [9.17, 15) is 4.79 Å². The average molecular weight is 427 g/mol. The number of hydrogen-bond acceptors (Lipinski definition) is 5. The molecule has 0 aliphatic heterocycles. The Bertz CT molecular complexity index is 896. The monoisotopic (exact) mass is 426 g/mol. The summed E-state index contributed by atoms with van der Waals surface area (Å²) in [5, 5.41) is 15.0. The summed E-state index contributed by atoms with van der Waals surface area (Å²) in [5.74, 6) is 0.999. The van der Waals surface area contributed by atoms with E-state index < -0.39 is 0 Å². The van der Waals surface area contributed by atoms with E-state index in [1.54, 1.807) is 29.5 Å². The summed E-state index contributed by atoms with van der Waals surface area (Å²) in [7, 11) is 0. The molecule has 0 spiro atoms. The zero-order chi connectivity index (χ0) is 18.5. The number of halogens is 2. The first-order chi connectivity index (χ1) is 12.6. The lowest BCUT2D eigenvalue weighted by molar-refractivity contribution is -0.113. The van der Waals surface area contributed by atoms with Crippen molar-refractivity contribution < 1.29 is 4.79 Å². The SMILES string of the molecule is CCn1c(Cc2cccs2)nnc1SCC(=O)Nc1ccc(Cl)c(Cl)c1. The van der Waals surface area contributed by atoms with Crippen molar-refractivity contribution in [2.24, 2.45) is 0 Å². The lowest BCUT2D eigenvalue weighted by Gasteiger charge is -2.08. The number of carbonyl (C=O) groups excluding carboxylic acids is 1. The van der Waals surface area contributed by atoms with Crippen molar-refractivity contribution in [2.75, 3.05) is 11.1 Å². The van der Waals surface area contributed by atoms with Crippen LogP contribution in [0.5, 0.6) is 0 Å². The lowest BCUT2D eigenvalue weighted by Crippen LogP contribution is -2.14. The van der Waals surface area contributed by atoms with Crippen molar-refractivity contribution in [3.63, 3.8) is 0 Å². The van der Waals surface area contributed by atoms with Crippen LogP contribution in [0.3, 0.4) is 0 Å². The minimum atomic E-state index is -0.140. The summed E-state index contributed by atoms with van der Waals surface area (Å²) in [5.41, 5.74) is 0.611. The van der Waals surface area contributed by atoms with E-state index in [0.717, 1.165) is 23.9 Å². The molecule has 0 fully saturated rings. The number of hydrogen-bond donors (Lipinski definition) is 1. The van der Waals surface area contributed by atoms with Crippen LogP contribution in [0.4, 0.5) is 5.69 Å². The van der Waals surface area contributed by atoms with Crippen LogP contribution in [-0.2, 0) is 17.8 Å². The van der Waals surface area contributed by atoms with Crippen molar-refractivity contribution in [3.8, 4) is 0 Å². The van der Waals surface area contributed by atoms with E-state index in [0.29, 0.717) is 15.7 Å². The number of nitrogens with zero attached hydrogens (tertiary/aromatic N) is 3. The summed E-state index contributed by atoms with van der Waals surface area (Å²) in [6, 6.07) is 9.09. The maximum Gasteiger partial charge on any atom is 0.234 e. The molecule has 9 heteroatoms. The van der Waals surface area contributed by atoms with Gasteiger partial charge in [0.1, 0.15) is 5.82 Å². The average Bonchev–Trinajstić information content (AvgIpc) is 3.26. The Morgan fingerprint density at radius 3 is 2.81 bits per heavy atom. The van der Waals surface area contributed by atoms with Crippen molar-refractivity contribution >= 4 is 57.9 Å². The van der Waals surface area contributed by atoms with E-state index in [4.69, 9.17) is 23.2 Å². The number of amides is 1.